The van der Waals surface area contributed by atoms with Gasteiger partial charge < -0.3 is 46.0 Å². The molecule has 0 aromatic carbocycles. The molecule has 3 fully saturated rings. The Balaban J connectivity index is 2.50. The Bertz CT molecular complexity index is 527. The highest BCUT2D eigenvalue weighted by atomic mass is 16.5. The summed E-state index contributed by atoms with van der Waals surface area (Å²) in [5.74, 6) is -2.60. The van der Waals surface area contributed by atoms with E-state index in [1.54, 1.807) is 0 Å². The lowest BCUT2D eigenvalue weighted by atomic mass is 9.80. The minimum absolute atomic E-state index is 0.453. The standard InChI is InChI=1S/C12H20N2O9/c1-9(20,4-15)6(17)11-7(18)14-12(22,8(19)13-11)10(21,5-16)2-3-23-11/h6,15-17,20-22H,2-5H2,1H3,(H,13,19)(H,14,18)/t6-,9-,10?,11-,12-/m0/s1. The summed E-state index contributed by atoms with van der Waals surface area (Å²) in [6, 6.07) is 0. The van der Waals surface area contributed by atoms with E-state index < -0.39 is 66.8 Å². The van der Waals surface area contributed by atoms with Gasteiger partial charge in [-0.2, -0.15) is 0 Å². The van der Waals surface area contributed by atoms with Gasteiger partial charge in [-0.1, -0.05) is 0 Å². The summed E-state index contributed by atoms with van der Waals surface area (Å²) in [6.07, 6.45) is -2.54. The van der Waals surface area contributed by atoms with Crippen LogP contribution in [-0.2, 0) is 14.3 Å². The minimum Gasteiger partial charge on any atom is -0.393 e. The first-order valence-electron chi connectivity index (χ1n) is 6.85. The Labute approximate surface area is 130 Å². The molecule has 2 amide bonds. The summed E-state index contributed by atoms with van der Waals surface area (Å²) in [5.41, 5.74) is -9.96. The van der Waals surface area contributed by atoms with Gasteiger partial charge in [-0.15, -0.1) is 0 Å². The van der Waals surface area contributed by atoms with Crippen molar-refractivity contribution in [3.8, 4) is 0 Å². The number of carbonyl (C=O) groups is 2. The Morgan fingerprint density at radius 2 is 1.87 bits per heavy atom. The van der Waals surface area contributed by atoms with Gasteiger partial charge >= 0.3 is 0 Å². The number of hydrogen-bond acceptors (Lipinski definition) is 9. The molecule has 3 rings (SSSR count). The maximum absolute atomic E-state index is 12.4. The lowest BCUT2D eigenvalue weighted by molar-refractivity contribution is -0.265. The Hall–Kier alpha value is -1.34. The molecule has 8 N–H and O–H groups in total. The first-order valence-corrected chi connectivity index (χ1v) is 6.85. The van der Waals surface area contributed by atoms with Crippen molar-refractivity contribution in [2.75, 3.05) is 19.8 Å². The van der Waals surface area contributed by atoms with E-state index in [9.17, 15) is 35.1 Å². The van der Waals surface area contributed by atoms with Crippen LogP contribution >= 0.6 is 0 Å². The molecule has 0 spiro atoms. The topological polar surface area (TPSA) is 189 Å². The van der Waals surface area contributed by atoms with Crippen molar-refractivity contribution >= 4 is 11.8 Å². The van der Waals surface area contributed by atoms with E-state index >= 15 is 0 Å². The fourth-order valence-electron chi connectivity index (χ4n) is 2.61. The second-order valence-electron chi connectivity index (χ2n) is 6.06. The van der Waals surface area contributed by atoms with Crippen molar-refractivity contribution in [2.45, 2.75) is 42.1 Å². The van der Waals surface area contributed by atoms with Crippen LogP contribution in [0.1, 0.15) is 13.3 Å². The minimum atomic E-state index is -2.85. The van der Waals surface area contributed by atoms with Crippen LogP contribution in [0.15, 0.2) is 0 Å². The maximum Gasteiger partial charge on any atom is 0.279 e. The largest absolute Gasteiger partial charge is 0.393 e. The SMILES string of the molecule is C[C@](O)(CO)[C@H](O)[C@@]12NC(=O)[C@@](O)(NC1=O)C(O)(CO)CCO2. The fourth-order valence-corrected chi connectivity index (χ4v) is 2.61. The summed E-state index contributed by atoms with van der Waals surface area (Å²) < 4.78 is 5.19. The van der Waals surface area contributed by atoms with E-state index in [1.807, 2.05) is 10.6 Å². The fraction of sp³-hybridized carbons (Fsp3) is 0.833. The summed E-state index contributed by atoms with van der Waals surface area (Å²) in [6.45, 7) is -1.44. The van der Waals surface area contributed by atoms with E-state index in [1.165, 1.54) is 0 Å². The zero-order chi connectivity index (χ0) is 17.7. The van der Waals surface area contributed by atoms with Crippen LogP contribution in [0.4, 0.5) is 0 Å². The number of piperazine rings is 1. The molecule has 23 heavy (non-hydrogen) atoms. The molecule has 2 bridgehead atoms. The van der Waals surface area contributed by atoms with Gasteiger partial charge in [0.2, 0.25) is 0 Å². The van der Waals surface area contributed by atoms with Crippen LogP contribution in [0.5, 0.6) is 0 Å². The van der Waals surface area contributed by atoms with Crippen LogP contribution in [0, 0.1) is 0 Å². The number of amides is 2. The molecule has 0 aromatic heterocycles. The molecule has 0 aliphatic carbocycles. The second kappa shape index (κ2) is 5.34. The summed E-state index contributed by atoms with van der Waals surface area (Å²) in [5, 5.41) is 63.0. The molecular formula is C12H20N2O9. The van der Waals surface area contributed by atoms with E-state index in [0.29, 0.717) is 0 Å². The number of nitrogens with one attached hydrogen (secondary N) is 2. The van der Waals surface area contributed by atoms with Crippen molar-refractivity contribution < 1.29 is 45.0 Å². The monoisotopic (exact) mass is 336 g/mol. The molecule has 3 aliphatic heterocycles. The van der Waals surface area contributed by atoms with E-state index in [-0.39, 0.29) is 0 Å². The number of aliphatic hydroxyl groups is 6. The molecule has 132 valence electrons. The molecule has 0 aromatic rings. The van der Waals surface area contributed by atoms with Crippen molar-refractivity contribution in [3.05, 3.63) is 0 Å². The van der Waals surface area contributed by atoms with E-state index in [4.69, 9.17) is 9.84 Å². The van der Waals surface area contributed by atoms with Crippen LogP contribution in [0.25, 0.3) is 0 Å². The number of ether oxygens (including phenoxy) is 1. The number of fused-ring (bicyclic) bond motifs is 5. The zero-order valence-electron chi connectivity index (χ0n) is 12.3. The smallest absolute Gasteiger partial charge is 0.279 e. The second-order valence-corrected chi connectivity index (χ2v) is 6.06. The van der Waals surface area contributed by atoms with Crippen molar-refractivity contribution in [2.24, 2.45) is 0 Å². The van der Waals surface area contributed by atoms with E-state index in [2.05, 4.69) is 0 Å². The van der Waals surface area contributed by atoms with Gasteiger partial charge in [0.05, 0.1) is 19.8 Å². The van der Waals surface area contributed by atoms with Gasteiger partial charge in [0.25, 0.3) is 23.3 Å². The molecule has 5 atom stereocenters. The van der Waals surface area contributed by atoms with Gasteiger partial charge in [0.1, 0.15) is 17.3 Å². The number of hydrogen-bond donors (Lipinski definition) is 8. The molecular weight excluding hydrogens is 316 g/mol. The molecule has 11 nitrogen and oxygen atoms in total. The first kappa shape index (κ1) is 18.0. The third-order valence-electron chi connectivity index (χ3n) is 4.33. The average Bonchev–Trinajstić information content (AvgIpc) is 2.50. The lowest BCUT2D eigenvalue weighted by Gasteiger charge is -2.53. The predicted molar refractivity (Wildman–Crippen MR) is 70.3 cm³/mol. The van der Waals surface area contributed by atoms with Gasteiger partial charge in [0.15, 0.2) is 0 Å². The molecule has 3 heterocycles. The van der Waals surface area contributed by atoms with Crippen LogP contribution in [0.2, 0.25) is 0 Å². The van der Waals surface area contributed by atoms with Gasteiger partial charge in [-0.25, -0.2) is 0 Å². The highest BCUT2D eigenvalue weighted by Gasteiger charge is 2.68. The Morgan fingerprint density at radius 1 is 1.26 bits per heavy atom. The van der Waals surface area contributed by atoms with Crippen molar-refractivity contribution in [1.29, 1.82) is 0 Å². The highest BCUT2D eigenvalue weighted by molar-refractivity contribution is 6.02. The maximum atomic E-state index is 12.4. The first-order chi connectivity index (χ1) is 10.5. The van der Waals surface area contributed by atoms with Crippen LogP contribution in [-0.4, -0.2) is 91.0 Å². The summed E-state index contributed by atoms with van der Waals surface area (Å²) >= 11 is 0. The molecule has 3 saturated heterocycles. The van der Waals surface area contributed by atoms with Crippen molar-refractivity contribution in [3.63, 3.8) is 0 Å². The number of rotatable bonds is 4. The summed E-state index contributed by atoms with van der Waals surface area (Å²) in [4.78, 5) is 24.6. The number of aliphatic hydroxyl groups excluding tert-OH is 3. The lowest BCUT2D eigenvalue weighted by Crippen LogP contribution is -2.87. The van der Waals surface area contributed by atoms with Crippen LogP contribution < -0.4 is 10.6 Å². The van der Waals surface area contributed by atoms with Gasteiger partial charge in [-0.3, -0.25) is 9.59 Å². The molecule has 0 radical (unpaired) electrons. The average molecular weight is 336 g/mol. The quantitative estimate of drug-likeness (QED) is 0.248. The Morgan fingerprint density at radius 3 is 2.39 bits per heavy atom. The molecule has 1 unspecified atom stereocenters. The van der Waals surface area contributed by atoms with Crippen LogP contribution in [0.3, 0.4) is 0 Å². The highest BCUT2D eigenvalue weighted by Crippen LogP contribution is 2.35. The normalized spacial score (nSPS) is 41.3. The molecule has 11 heteroatoms. The van der Waals surface area contributed by atoms with Crippen molar-refractivity contribution in [1.82, 2.24) is 10.6 Å². The Kier molecular flexibility index (Phi) is 4.18. The molecule has 0 saturated carbocycles. The third kappa shape index (κ3) is 2.32. The van der Waals surface area contributed by atoms with E-state index in [0.717, 1.165) is 6.92 Å². The van der Waals surface area contributed by atoms with Gasteiger partial charge in [0, 0.05) is 6.42 Å². The molecule has 3 aliphatic rings. The number of carbonyl (C=O) groups excluding carboxylic acids is 2. The van der Waals surface area contributed by atoms with Gasteiger partial charge in [-0.05, 0) is 6.92 Å². The predicted octanol–water partition coefficient (Wildman–Crippen LogP) is -5.13. The third-order valence-corrected chi connectivity index (χ3v) is 4.33. The zero-order valence-corrected chi connectivity index (χ0v) is 12.3. The summed E-state index contributed by atoms with van der Waals surface area (Å²) in [7, 11) is 0.